The molecule has 4 heterocycles. The molecule has 0 atom stereocenters. The van der Waals surface area contributed by atoms with E-state index in [-0.39, 0.29) is 13.3 Å². The Morgan fingerprint density at radius 1 is 1.10 bits per heavy atom. The lowest BCUT2D eigenvalue weighted by Gasteiger charge is -2.07. The zero-order chi connectivity index (χ0) is 21.2. The minimum absolute atomic E-state index is 0.188. The predicted octanol–water partition coefficient (Wildman–Crippen LogP) is 2.22. The van der Waals surface area contributed by atoms with Gasteiger partial charge < -0.3 is 20.1 Å². The Morgan fingerprint density at radius 2 is 1.97 bits per heavy atom. The lowest BCUT2D eigenvalue weighted by atomic mass is 10.2. The molecule has 3 aromatic heterocycles. The largest absolute Gasteiger partial charge is 0.454 e. The summed E-state index contributed by atoms with van der Waals surface area (Å²) in [5.41, 5.74) is 1.75. The molecule has 0 spiro atoms. The molecule has 158 valence electrons. The van der Waals surface area contributed by atoms with Gasteiger partial charge in [-0.3, -0.25) is 9.59 Å². The number of carbonyl (C=O) groups excluding carboxylic acids is 2. The highest BCUT2D eigenvalue weighted by Gasteiger charge is 2.16. The van der Waals surface area contributed by atoms with Gasteiger partial charge in [-0.15, -0.1) is 27.8 Å². The average Bonchev–Trinajstić information content (AvgIpc) is 3.56. The number of rotatable bonds is 6. The fourth-order valence-electron chi connectivity index (χ4n) is 3.10. The minimum Gasteiger partial charge on any atom is -0.454 e. The summed E-state index contributed by atoms with van der Waals surface area (Å²) in [4.78, 5) is 30.5. The normalized spacial score (nSPS) is 12.3. The van der Waals surface area contributed by atoms with Crippen molar-refractivity contribution >= 4 is 39.4 Å². The van der Waals surface area contributed by atoms with Crippen LogP contribution < -0.4 is 20.1 Å². The van der Waals surface area contributed by atoms with E-state index in [9.17, 15) is 9.59 Å². The van der Waals surface area contributed by atoms with E-state index in [4.69, 9.17) is 9.47 Å². The first-order chi connectivity index (χ1) is 15.2. The molecule has 5 rings (SSSR count). The van der Waals surface area contributed by atoms with Gasteiger partial charge in [-0.05, 0) is 29.1 Å². The summed E-state index contributed by atoms with van der Waals surface area (Å²) in [7, 11) is 0. The summed E-state index contributed by atoms with van der Waals surface area (Å²) < 4.78 is 12.4. The van der Waals surface area contributed by atoms with Crippen LogP contribution in [0, 0.1) is 0 Å². The van der Waals surface area contributed by atoms with Gasteiger partial charge in [0.25, 0.3) is 0 Å². The number of benzene rings is 1. The van der Waals surface area contributed by atoms with Gasteiger partial charge in [0.2, 0.25) is 11.8 Å². The van der Waals surface area contributed by atoms with Gasteiger partial charge in [-0.2, -0.15) is 4.98 Å². The summed E-state index contributed by atoms with van der Waals surface area (Å²) in [6, 6.07) is 9.32. The molecule has 31 heavy (non-hydrogen) atoms. The monoisotopic (exact) mass is 455 g/mol. The molecule has 2 N–H and O–H groups in total. The lowest BCUT2D eigenvalue weighted by Crippen LogP contribution is -2.40. The molecule has 0 aliphatic carbocycles. The zero-order valence-electron chi connectivity index (χ0n) is 16.2. The Morgan fingerprint density at radius 3 is 2.84 bits per heavy atom. The van der Waals surface area contributed by atoms with Gasteiger partial charge in [-0.1, -0.05) is 12.1 Å². The van der Waals surface area contributed by atoms with Crippen molar-refractivity contribution < 1.29 is 19.1 Å². The van der Waals surface area contributed by atoms with Crippen molar-refractivity contribution in [2.24, 2.45) is 0 Å². The van der Waals surface area contributed by atoms with Crippen LogP contribution in [0.2, 0.25) is 0 Å². The highest BCUT2D eigenvalue weighted by molar-refractivity contribution is 7.15. The summed E-state index contributed by atoms with van der Waals surface area (Å²) >= 11 is 3.08. The van der Waals surface area contributed by atoms with Crippen LogP contribution in [0.5, 0.6) is 11.5 Å². The number of aromatic nitrogens is 3. The third-order valence-corrected chi connectivity index (χ3v) is 6.39. The molecule has 11 heteroatoms. The van der Waals surface area contributed by atoms with Crippen LogP contribution in [0.4, 0.5) is 0 Å². The van der Waals surface area contributed by atoms with Crippen molar-refractivity contribution in [3.8, 4) is 22.2 Å². The second-order valence-corrected chi connectivity index (χ2v) is 8.49. The Labute approximate surface area is 184 Å². The number of thiazole rings is 1. The summed E-state index contributed by atoms with van der Waals surface area (Å²) in [6.45, 7) is 0.725. The number of ether oxygens (including phenoxy) is 2. The van der Waals surface area contributed by atoms with Crippen LogP contribution >= 0.6 is 22.7 Å². The van der Waals surface area contributed by atoms with E-state index in [1.54, 1.807) is 28.0 Å². The first kappa shape index (κ1) is 19.5. The maximum absolute atomic E-state index is 12.1. The molecule has 4 aromatic rings. The second-order valence-electron chi connectivity index (χ2n) is 6.71. The highest BCUT2D eigenvalue weighted by atomic mass is 32.1. The van der Waals surface area contributed by atoms with E-state index in [1.165, 1.54) is 11.3 Å². The van der Waals surface area contributed by atoms with Crippen LogP contribution in [-0.2, 0) is 22.6 Å². The third-order valence-electron chi connectivity index (χ3n) is 4.65. The Hall–Kier alpha value is -3.44. The smallest absolute Gasteiger partial charge is 0.309 e. The summed E-state index contributed by atoms with van der Waals surface area (Å²) in [6.07, 6.45) is 0.536. The summed E-state index contributed by atoms with van der Waals surface area (Å²) in [5.74, 6) is 0.632. The topological polar surface area (TPSA) is 107 Å². The molecule has 0 saturated carbocycles. The van der Waals surface area contributed by atoms with Crippen molar-refractivity contribution in [2.45, 2.75) is 13.0 Å². The number of nitrogens with one attached hydrogen (secondary N) is 2. The maximum atomic E-state index is 12.1. The SMILES string of the molecule is O=C(NCCc1csc2nc(-c3cccs3)nn12)C(=O)NCc1ccc2c(c1)OCO2. The zero-order valence-corrected chi connectivity index (χ0v) is 17.8. The minimum atomic E-state index is -0.686. The Kier molecular flexibility index (Phi) is 5.26. The molecule has 0 fully saturated rings. The lowest BCUT2D eigenvalue weighted by molar-refractivity contribution is -0.139. The quantitative estimate of drug-likeness (QED) is 0.432. The van der Waals surface area contributed by atoms with Gasteiger partial charge >= 0.3 is 11.8 Å². The standard InChI is InChI=1S/C20H17N5O4S2/c26-18(19(27)22-9-12-3-4-14-15(8-12)29-11-28-14)21-6-5-13-10-31-20-23-17(24-25(13)20)16-2-1-7-30-16/h1-4,7-8,10H,5-6,9,11H2,(H,21,26)(H,22,27). The number of fused-ring (bicyclic) bond motifs is 2. The Bertz CT molecular complexity index is 1250. The van der Waals surface area contributed by atoms with E-state index in [1.807, 2.05) is 29.0 Å². The molecule has 0 radical (unpaired) electrons. The van der Waals surface area contributed by atoms with Gasteiger partial charge in [0.05, 0.1) is 10.6 Å². The van der Waals surface area contributed by atoms with Crippen molar-refractivity contribution in [3.05, 3.63) is 52.3 Å². The van der Waals surface area contributed by atoms with Crippen LogP contribution in [-0.4, -0.2) is 39.8 Å². The fourth-order valence-corrected chi connectivity index (χ4v) is 4.61. The second kappa shape index (κ2) is 8.36. The number of nitrogens with zero attached hydrogens (tertiary/aromatic N) is 3. The van der Waals surface area contributed by atoms with Crippen molar-refractivity contribution in [2.75, 3.05) is 13.3 Å². The van der Waals surface area contributed by atoms with Gasteiger partial charge in [-0.25, -0.2) is 4.52 Å². The molecular weight excluding hydrogens is 438 g/mol. The summed E-state index contributed by atoms with van der Waals surface area (Å²) in [5, 5.41) is 13.8. The van der Waals surface area contributed by atoms with Crippen molar-refractivity contribution in [1.82, 2.24) is 25.2 Å². The molecule has 0 unspecified atom stereocenters. The van der Waals surface area contributed by atoms with Crippen LogP contribution in [0.3, 0.4) is 0 Å². The van der Waals surface area contributed by atoms with E-state index in [0.29, 0.717) is 30.3 Å². The molecule has 2 amide bonds. The van der Waals surface area contributed by atoms with E-state index in [0.717, 1.165) is 21.1 Å². The number of amides is 2. The first-order valence-corrected chi connectivity index (χ1v) is 11.2. The van der Waals surface area contributed by atoms with Crippen molar-refractivity contribution in [3.63, 3.8) is 0 Å². The van der Waals surface area contributed by atoms with Crippen molar-refractivity contribution in [1.29, 1.82) is 0 Å². The van der Waals surface area contributed by atoms with Gasteiger partial charge in [0.15, 0.2) is 17.3 Å². The fraction of sp³-hybridized carbons (Fsp3) is 0.200. The van der Waals surface area contributed by atoms with Gasteiger partial charge in [0.1, 0.15) is 0 Å². The average molecular weight is 456 g/mol. The van der Waals surface area contributed by atoms with E-state index < -0.39 is 11.8 Å². The Balaban J connectivity index is 1.12. The molecule has 1 aromatic carbocycles. The van der Waals surface area contributed by atoms with Crippen LogP contribution in [0.15, 0.2) is 41.1 Å². The van der Waals surface area contributed by atoms with E-state index in [2.05, 4.69) is 20.7 Å². The third kappa shape index (κ3) is 4.09. The maximum Gasteiger partial charge on any atom is 0.309 e. The molecule has 1 aliphatic heterocycles. The number of hydrogen-bond donors (Lipinski definition) is 2. The number of thiophene rings is 1. The molecule has 1 aliphatic rings. The van der Waals surface area contributed by atoms with Gasteiger partial charge in [0, 0.05) is 24.9 Å². The number of hydrogen-bond acceptors (Lipinski definition) is 8. The number of carbonyl (C=O) groups is 2. The predicted molar refractivity (Wildman–Crippen MR) is 115 cm³/mol. The highest BCUT2D eigenvalue weighted by Crippen LogP contribution is 2.32. The van der Waals surface area contributed by atoms with E-state index >= 15 is 0 Å². The molecular formula is C20H17N5O4S2. The molecule has 9 nitrogen and oxygen atoms in total. The molecule has 0 saturated heterocycles. The van der Waals surface area contributed by atoms with Crippen LogP contribution in [0.25, 0.3) is 15.7 Å². The molecule has 0 bridgehead atoms. The van der Waals surface area contributed by atoms with Crippen LogP contribution in [0.1, 0.15) is 11.3 Å². The first-order valence-electron chi connectivity index (χ1n) is 9.49.